The van der Waals surface area contributed by atoms with Crippen LogP contribution in [-0.2, 0) is 4.74 Å². The minimum absolute atomic E-state index is 0.309. The van der Waals surface area contributed by atoms with Crippen LogP contribution in [0.5, 0.6) is 0 Å². The highest BCUT2D eigenvalue weighted by molar-refractivity contribution is 6.80. The van der Waals surface area contributed by atoms with E-state index in [4.69, 9.17) is 9.15 Å². The molecule has 142 valence electrons. The summed E-state index contributed by atoms with van der Waals surface area (Å²) in [6, 6.07) is 5.68. The van der Waals surface area contributed by atoms with Gasteiger partial charge in [0.25, 0.3) is 0 Å². The predicted octanol–water partition coefficient (Wildman–Crippen LogP) is 6.81. The Bertz CT molecular complexity index is 535. The summed E-state index contributed by atoms with van der Waals surface area (Å²) in [4.78, 5) is 12.3. The zero-order chi connectivity index (χ0) is 18.9. The van der Waals surface area contributed by atoms with Gasteiger partial charge in [-0.15, -0.1) is 0 Å². The van der Waals surface area contributed by atoms with Gasteiger partial charge in [0, 0.05) is 5.54 Å². The maximum absolute atomic E-state index is 12.3. The summed E-state index contributed by atoms with van der Waals surface area (Å²) in [5.74, 6) is 1.22. The molecule has 0 aromatic carbocycles. The van der Waals surface area contributed by atoms with Crippen LogP contribution in [0.3, 0.4) is 0 Å². The monoisotopic (exact) mass is 364 g/mol. The Morgan fingerprint density at radius 2 is 1.84 bits per heavy atom. The Balaban J connectivity index is 3.29. The molecule has 1 heterocycles. The van der Waals surface area contributed by atoms with E-state index in [1.165, 1.54) is 37.4 Å². The second-order valence-electron chi connectivity index (χ2n) is 6.82. The van der Waals surface area contributed by atoms with Gasteiger partial charge in [0.15, 0.2) is 0 Å². The molecule has 0 saturated carbocycles. The third-order valence-electron chi connectivity index (χ3n) is 5.75. The fourth-order valence-corrected chi connectivity index (χ4v) is 8.50. The van der Waals surface area contributed by atoms with Crippen LogP contribution in [0.15, 0.2) is 17.1 Å². The Morgan fingerprint density at radius 3 is 2.32 bits per heavy atom. The lowest BCUT2D eigenvalue weighted by molar-refractivity contribution is 0.0525. The molecule has 1 atom stereocenters. The first-order chi connectivity index (χ1) is 12.0. The van der Waals surface area contributed by atoms with Crippen molar-refractivity contribution in [1.82, 2.24) is 0 Å². The van der Waals surface area contributed by atoms with E-state index in [9.17, 15) is 4.79 Å². The zero-order valence-corrected chi connectivity index (χ0v) is 17.8. The van der Waals surface area contributed by atoms with Crippen molar-refractivity contribution >= 4 is 20.1 Å². The first-order valence-corrected chi connectivity index (χ1v) is 12.7. The smallest absolute Gasteiger partial charge is 0.342 e. The number of hydrogen-bond donors (Lipinski definition) is 0. The maximum atomic E-state index is 12.3. The Hall–Kier alpha value is -1.29. The average Bonchev–Trinajstić information content (AvgIpc) is 3.06. The van der Waals surface area contributed by atoms with Gasteiger partial charge in [0.05, 0.1) is 14.7 Å². The van der Waals surface area contributed by atoms with Crippen molar-refractivity contribution < 1.29 is 13.9 Å². The molecule has 4 heteroatoms. The number of furan rings is 1. The lowest BCUT2D eigenvalue weighted by Crippen LogP contribution is -2.39. The Kier molecular flexibility index (Phi) is 9.26. The topological polar surface area (TPSA) is 39.4 Å². The fourth-order valence-electron chi connectivity index (χ4n) is 3.95. The van der Waals surface area contributed by atoms with Gasteiger partial charge in [-0.3, -0.25) is 0 Å². The molecule has 1 unspecified atom stereocenters. The van der Waals surface area contributed by atoms with Gasteiger partial charge < -0.3 is 9.15 Å². The van der Waals surface area contributed by atoms with Crippen molar-refractivity contribution in [3.05, 3.63) is 29.7 Å². The number of hydrogen-bond acceptors (Lipinski definition) is 3. The van der Waals surface area contributed by atoms with E-state index in [2.05, 4.69) is 34.3 Å². The van der Waals surface area contributed by atoms with Gasteiger partial charge in [0.1, 0.15) is 17.1 Å². The standard InChI is InChI=1S/C21H36O3Si/c1-7-13-14-15-20(25(10-4,11-5)12-6)19-16-17(18(8-2)24-19)21(22)23-9-3/h8,16,20H,2,7,9-15H2,1,3-6H3. The van der Waals surface area contributed by atoms with E-state index in [0.717, 1.165) is 12.2 Å². The molecule has 0 saturated heterocycles. The van der Waals surface area contributed by atoms with E-state index >= 15 is 0 Å². The fraction of sp³-hybridized carbons (Fsp3) is 0.667. The molecule has 0 bridgehead atoms. The molecule has 0 aliphatic heterocycles. The summed E-state index contributed by atoms with van der Waals surface area (Å²) < 4.78 is 11.3. The highest BCUT2D eigenvalue weighted by Crippen LogP contribution is 2.41. The number of ether oxygens (including phenoxy) is 1. The predicted molar refractivity (Wildman–Crippen MR) is 109 cm³/mol. The second kappa shape index (κ2) is 10.6. The van der Waals surface area contributed by atoms with Crippen molar-refractivity contribution in [3.8, 4) is 0 Å². The number of carbonyl (C=O) groups is 1. The van der Waals surface area contributed by atoms with E-state index in [-0.39, 0.29) is 5.97 Å². The van der Waals surface area contributed by atoms with Crippen LogP contribution < -0.4 is 0 Å². The minimum atomic E-state index is -1.49. The maximum Gasteiger partial charge on any atom is 0.342 e. The normalized spacial score (nSPS) is 12.8. The van der Waals surface area contributed by atoms with Crippen LogP contribution in [0.1, 0.15) is 87.7 Å². The van der Waals surface area contributed by atoms with Crippen LogP contribution in [0, 0.1) is 0 Å². The highest BCUT2D eigenvalue weighted by Gasteiger charge is 2.39. The molecule has 0 spiro atoms. The van der Waals surface area contributed by atoms with Crippen molar-refractivity contribution in [3.63, 3.8) is 0 Å². The van der Waals surface area contributed by atoms with Gasteiger partial charge in [-0.25, -0.2) is 4.79 Å². The van der Waals surface area contributed by atoms with E-state index in [1.54, 1.807) is 6.08 Å². The molecule has 25 heavy (non-hydrogen) atoms. The molecule has 1 aromatic heterocycles. The van der Waals surface area contributed by atoms with Crippen LogP contribution in [0.4, 0.5) is 0 Å². The molecule has 0 radical (unpaired) electrons. The largest absolute Gasteiger partial charge is 0.462 e. The van der Waals surface area contributed by atoms with E-state index in [0.29, 0.717) is 23.5 Å². The van der Waals surface area contributed by atoms with Crippen LogP contribution in [0.25, 0.3) is 6.08 Å². The lowest BCUT2D eigenvalue weighted by Gasteiger charge is -2.36. The van der Waals surface area contributed by atoms with Crippen LogP contribution in [-0.4, -0.2) is 20.7 Å². The summed E-state index contributed by atoms with van der Waals surface area (Å²) in [5, 5.41) is 0. The highest BCUT2D eigenvalue weighted by atomic mass is 28.3. The first-order valence-electron chi connectivity index (χ1n) is 9.96. The molecule has 1 rings (SSSR count). The van der Waals surface area contributed by atoms with Crippen molar-refractivity contribution in [2.45, 2.75) is 84.0 Å². The SMILES string of the molecule is C=Cc1oc(C(CCCCC)[Si](CC)(CC)CC)cc1C(=O)OCC. The quantitative estimate of drug-likeness (QED) is 0.232. The number of rotatable bonds is 12. The third-order valence-corrected chi connectivity index (χ3v) is 12.0. The van der Waals surface area contributed by atoms with E-state index in [1.807, 2.05) is 13.0 Å². The first kappa shape index (κ1) is 21.7. The Labute approximate surface area is 154 Å². The summed E-state index contributed by atoms with van der Waals surface area (Å²) in [6.45, 7) is 15.2. The zero-order valence-electron chi connectivity index (χ0n) is 16.8. The van der Waals surface area contributed by atoms with Crippen molar-refractivity contribution in [1.29, 1.82) is 0 Å². The number of carbonyl (C=O) groups excluding carboxylic acids is 1. The summed E-state index contributed by atoms with van der Waals surface area (Å²) in [7, 11) is -1.49. The van der Waals surface area contributed by atoms with Crippen molar-refractivity contribution in [2.24, 2.45) is 0 Å². The van der Waals surface area contributed by atoms with Gasteiger partial charge in [-0.1, -0.05) is 71.7 Å². The summed E-state index contributed by atoms with van der Waals surface area (Å²) >= 11 is 0. The van der Waals surface area contributed by atoms with E-state index < -0.39 is 8.07 Å². The molecular formula is C21H36O3Si. The molecule has 0 amide bonds. The van der Waals surface area contributed by atoms with Crippen LogP contribution >= 0.6 is 0 Å². The molecule has 0 fully saturated rings. The molecule has 1 aromatic rings. The number of unbranched alkanes of at least 4 members (excludes halogenated alkanes) is 2. The summed E-state index contributed by atoms with van der Waals surface area (Å²) in [6.07, 6.45) is 6.47. The number of esters is 1. The Morgan fingerprint density at radius 1 is 1.20 bits per heavy atom. The average molecular weight is 365 g/mol. The minimum Gasteiger partial charge on any atom is -0.462 e. The van der Waals surface area contributed by atoms with Gasteiger partial charge >= 0.3 is 5.97 Å². The van der Waals surface area contributed by atoms with Crippen LogP contribution in [0.2, 0.25) is 18.1 Å². The molecule has 0 N–H and O–H groups in total. The van der Waals surface area contributed by atoms with Crippen molar-refractivity contribution in [2.75, 3.05) is 6.61 Å². The molecular weight excluding hydrogens is 328 g/mol. The van der Waals surface area contributed by atoms with Gasteiger partial charge in [-0.2, -0.15) is 0 Å². The molecule has 0 aliphatic carbocycles. The molecule has 3 nitrogen and oxygen atoms in total. The molecule has 0 aliphatic rings. The van der Waals surface area contributed by atoms with Gasteiger partial charge in [0.2, 0.25) is 0 Å². The lowest BCUT2D eigenvalue weighted by atomic mass is 10.1. The van der Waals surface area contributed by atoms with Gasteiger partial charge in [-0.05, 0) is 25.5 Å². The second-order valence-corrected chi connectivity index (χ2v) is 12.4. The summed E-state index contributed by atoms with van der Waals surface area (Å²) in [5.41, 5.74) is 0.986. The third kappa shape index (κ3) is 5.10.